The number of nitrogens with zero attached hydrogens (tertiary/aromatic N) is 2. The number of carboxylic acids is 1. The molecule has 1 aromatic heterocycles. The van der Waals surface area contributed by atoms with Crippen LogP contribution in [0.1, 0.15) is 39.0 Å². The van der Waals surface area contributed by atoms with Crippen LogP contribution in [-0.4, -0.2) is 33.2 Å². The van der Waals surface area contributed by atoms with Crippen LogP contribution in [0.3, 0.4) is 0 Å². The van der Waals surface area contributed by atoms with Crippen molar-refractivity contribution < 1.29 is 14.6 Å². The largest absolute Gasteiger partial charge is 0.481 e. The van der Waals surface area contributed by atoms with Gasteiger partial charge in [0.25, 0.3) is 0 Å². The summed E-state index contributed by atoms with van der Waals surface area (Å²) in [7, 11) is 0. The lowest BCUT2D eigenvalue weighted by atomic mass is 9.74. The molecule has 2 N–H and O–H groups in total. The van der Waals surface area contributed by atoms with Gasteiger partial charge in [-0.2, -0.15) is 4.98 Å². The van der Waals surface area contributed by atoms with Crippen molar-refractivity contribution in [3.63, 3.8) is 0 Å². The molecule has 0 radical (unpaired) electrons. The molecule has 104 valence electrons. The van der Waals surface area contributed by atoms with Crippen LogP contribution in [0.15, 0.2) is 12.3 Å². The van der Waals surface area contributed by atoms with Crippen molar-refractivity contribution in [2.75, 3.05) is 11.9 Å². The van der Waals surface area contributed by atoms with Gasteiger partial charge in [-0.1, -0.05) is 6.92 Å². The van der Waals surface area contributed by atoms with Gasteiger partial charge in [0.05, 0.1) is 18.6 Å². The minimum Gasteiger partial charge on any atom is -0.481 e. The average Bonchev–Trinajstić information content (AvgIpc) is 2.33. The third-order valence-corrected chi connectivity index (χ3v) is 3.26. The summed E-state index contributed by atoms with van der Waals surface area (Å²) in [6.07, 6.45) is 5.33. The van der Waals surface area contributed by atoms with Gasteiger partial charge in [-0.25, -0.2) is 4.98 Å². The summed E-state index contributed by atoms with van der Waals surface area (Å²) in [5.74, 6) is 0.157. The molecule has 19 heavy (non-hydrogen) atoms. The van der Waals surface area contributed by atoms with E-state index in [2.05, 4.69) is 15.3 Å². The molecule has 0 aliphatic heterocycles. The zero-order valence-electron chi connectivity index (χ0n) is 11.1. The third-order valence-electron chi connectivity index (χ3n) is 3.26. The highest BCUT2D eigenvalue weighted by molar-refractivity contribution is 5.69. The highest BCUT2D eigenvalue weighted by Crippen LogP contribution is 2.37. The first-order chi connectivity index (χ1) is 9.13. The lowest BCUT2D eigenvalue weighted by Gasteiger charge is -2.41. The Morgan fingerprint density at radius 2 is 2.37 bits per heavy atom. The molecule has 0 aromatic carbocycles. The van der Waals surface area contributed by atoms with Crippen LogP contribution >= 0.6 is 0 Å². The molecule has 0 unspecified atom stereocenters. The number of rotatable bonds is 7. The van der Waals surface area contributed by atoms with Gasteiger partial charge in [0, 0.05) is 12.3 Å². The van der Waals surface area contributed by atoms with E-state index in [9.17, 15) is 4.79 Å². The Bertz CT molecular complexity index is 447. The highest BCUT2D eigenvalue weighted by Gasteiger charge is 2.39. The first kappa shape index (κ1) is 13.6. The van der Waals surface area contributed by atoms with Gasteiger partial charge >= 0.3 is 5.97 Å². The molecule has 1 saturated carbocycles. The smallest absolute Gasteiger partial charge is 0.305 e. The van der Waals surface area contributed by atoms with Crippen LogP contribution in [0.4, 0.5) is 5.95 Å². The van der Waals surface area contributed by atoms with Gasteiger partial charge < -0.3 is 15.2 Å². The Kier molecular flexibility index (Phi) is 4.19. The van der Waals surface area contributed by atoms with Crippen LogP contribution in [0.2, 0.25) is 0 Å². The van der Waals surface area contributed by atoms with Gasteiger partial charge in [-0.15, -0.1) is 0 Å². The van der Waals surface area contributed by atoms with Crippen molar-refractivity contribution >= 4 is 11.9 Å². The Balaban J connectivity index is 2.03. The van der Waals surface area contributed by atoms with E-state index in [4.69, 9.17) is 9.84 Å². The topological polar surface area (TPSA) is 84.3 Å². The average molecular weight is 265 g/mol. The molecule has 1 aliphatic carbocycles. The molecule has 1 fully saturated rings. The number of anilines is 1. The monoisotopic (exact) mass is 265 g/mol. The standard InChI is InChI=1S/C13H19N3O3/c1-2-8-19-10-4-7-14-12(15-10)16-13(5-3-6-13)9-11(17)18/h4,7H,2-3,5-6,8-9H2,1H3,(H,17,18)(H,14,15,16). The van der Waals surface area contributed by atoms with Gasteiger partial charge in [-0.3, -0.25) is 4.79 Å². The van der Waals surface area contributed by atoms with E-state index in [-0.39, 0.29) is 6.42 Å². The number of hydrogen-bond acceptors (Lipinski definition) is 5. The minimum atomic E-state index is -0.800. The van der Waals surface area contributed by atoms with Crippen LogP contribution in [0.25, 0.3) is 0 Å². The maximum Gasteiger partial charge on any atom is 0.305 e. The summed E-state index contributed by atoms with van der Waals surface area (Å²) in [6.45, 7) is 2.63. The number of ether oxygens (including phenoxy) is 1. The summed E-state index contributed by atoms with van der Waals surface area (Å²) in [6, 6.07) is 1.70. The van der Waals surface area contributed by atoms with Crippen molar-refractivity contribution in [3.05, 3.63) is 12.3 Å². The van der Waals surface area contributed by atoms with Gasteiger partial charge in [0.2, 0.25) is 11.8 Å². The number of aliphatic carboxylic acids is 1. The molecule has 2 rings (SSSR count). The first-order valence-electron chi connectivity index (χ1n) is 6.59. The number of nitrogens with one attached hydrogen (secondary N) is 1. The number of aromatic nitrogens is 2. The predicted octanol–water partition coefficient (Wildman–Crippen LogP) is 2.07. The fourth-order valence-corrected chi connectivity index (χ4v) is 2.17. The van der Waals surface area contributed by atoms with E-state index in [1.54, 1.807) is 12.3 Å². The quantitative estimate of drug-likeness (QED) is 0.785. The number of carbonyl (C=O) groups is 1. The second-order valence-corrected chi connectivity index (χ2v) is 4.90. The van der Waals surface area contributed by atoms with E-state index in [0.717, 1.165) is 25.7 Å². The summed E-state index contributed by atoms with van der Waals surface area (Å²) in [5, 5.41) is 12.1. The Morgan fingerprint density at radius 3 is 2.95 bits per heavy atom. The summed E-state index contributed by atoms with van der Waals surface area (Å²) in [5.41, 5.74) is -0.394. The maximum absolute atomic E-state index is 10.9. The molecule has 1 aliphatic rings. The van der Waals surface area contributed by atoms with E-state index >= 15 is 0 Å². The Morgan fingerprint density at radius 1 is 1.58 bits per heavy atom. The molecular formula is C13H19N3O3. The molecule has 0 atom stereocenters. The Hall–Kier alpha value is -1.85. The molecule has 6 nitrogen and oxygen atoms in total. The molecule has 0 saturated heterocycles. The predicted molar refractivity (Wildman–Crippen MR) is 70.3 cm³/mol. The zero-order chi connectivity index (χ0) is 13.7. The summed E-state index contributed by atoms with van der Waals surface area (Å²) >= 11 is 0. The highest BCUT2D eigenvalue weighted by atomic mass is 16.5. The van der Waals surface area contributed by atoms with E-state index in [1.165, 1.54) is 0 Å². The molecule has 1 aromatic rings. The van der Waals surface area contributed by atoms with E-state index in [0.29, 0.717) is 18.4 Å². The summed E-state index contributed by atoms with van der Waals surface area (Å²) < 4.78 is 5.44. The fraction of sp³-hybridized carbons (Fsp3) is 0.615. The van der Waals surface area contributed by atoms with Gasteiger partial charge in [0.1, 0.15) is 0 Å². The van der Waals surface area contributed by atoms with Gasteiger partial charge in [-0.05, 0) is 25.7 Å². The first-order valence-corrected chi connectivity index (χ1v) is 6.59. The third kappa shape index (κ3) is 3.56. The molecular weight excluding hydrogens is 246 g/mol. The second-order valence-electron chi connectivity index (χ2n) is 4.90. The fourth-order valence-electron chi connectivity index (χ4n) is 2.17. The van der Waals surface area contributed by atoms with Crippen LogP contribution < -0.4 is 10.1 Å². The lowest BCUT2D eigenvalue weighted by molar-refractivity contribution is -0.138. The number of carboxylic acid groups (broad SMARTS) is 1. The zero-order valence-corrected chi connectivity index (χ0v) is 11.1. The summed E-state index contributed by atoms with van der Waals surface area (Å²) in [4.78, 5) is 19.3. The maximum atomic E-state index is 10.9. The van der Waals surface area contributed by atoms with Crippen molar-refractivity contribution in [1.29, 1.82) is 0 Å². The van der Waals surface area contributed by atoms with Crippen LogP contribution in [0, 0.1) is 0 Å². The van der Waals surface area contributed by atoms with Crippen molar-refractivity contribution in [2.24, 2.45) is 0 Å². The Labute approximate surface area is 112 Å². The minimum absolute atomic E-state index is 0.0937. The second kappa shape index (κ2) is 5.86. The van der Waals surface area contributed by atoms with Crippen molar-refractivity contribution in [1.82, 2.24) is 9.97 Å². The van der Waals surface area contributed by atoms with Crippen LogP contribution in [0.5, 0.6) is 5.88 Å². The SMILES string of the molecule is CCCOc1ccnc(NC2(CC(=O)O)CCC2)n1. The van der Waals surface area contributed by atoms with Crippen molar-refractivity contribution in [3.8, 4) is 5.88 Å². The molecule has 0 bridgehead atoms. The molecule has 0 amide bonds. The van der Waals surface area contributed by atoms with Crippen molar-refractivity contribution in [2.45, 2.75) is 44.6 Å². The number of hydrogen-bond donors (Lipinski definition) is 2. The molecule has 1 heterocycles. The van der Waals surface area contributed by atoms with E-state index in [1.807, 2.05) is 6.92 Å². The molecule has 0 spiro atoms. The normalized spacial score (nSPS) is 16.5. The van der Waals surface area contributed by atoms with Crippen LogP contribution in [-0.2, 0) is 4.79 Å². The van der Waals surface area contributed by atoms with E-state index < -0.39 is 11.5 Å². The lowest BCUT2D eigenvalue weighted by Crippen LogP contribution is -2.47. The molecule has 6 heteroatoms. The van der Waals surface area contributed by atoms with Gasteiger partial charge in [0.15, 0.2) is 0 Å².